The quantitative estimate of drug-likeness (QED) is 0.839. The molecule has 0 saturated carbocycles. The highest BCUT2D eigenvalue weighted by Gasteiger charge is 2.16. The average Bonchev–Trinajstić information content (AvgIpc) is 2.72. The minimum atomic E-state index is -0.514. The monoisotopic (exact) mass is 219 g/mol. The van der Waals surface area contributed by atoms with Crippen LogP contribution in [0.4, 0.5) is 0 Å². The standard InChI is InChI=1S/C13H17NO2/c1-2-12(13(14)15)16-11-7-6-9-4-3-5-10(9)8-11/h6-8,12H,2-5H2,1H3,(H2,14,15)/t12-/m0/s1. The minimum Gasteiger partial charge on any atom is -0.481 e. The van der Waals surface area contributed by atoms with Crippen molar-refractivity contribution >= 4 is 5.91 Å². The van der Waals surface area contributed by atoms with E-state index in [-0.39, 0.29) is 0 Å². The molecule has 0 aromatic heterocycles. The van der Waals surface area contributed by atoms with E-state index in [1.54, 1.807) is 0 Å². The summed E-state index contributed by atoms with van der Waals surface area (Å²) in [7, 11) is 0. The Kier molecular flexibility index (Phi) is 3.13. The first-order valence-corrected chi connectivity index (χ1v) is 5.78. The molecule has 0 saturated heterocycles. The SMILES string of the molecule is CC[C@H](Oc1ccc2c(c1)CCC2)C(N)=O. The van der Waals surface area contributed by atoms with Gasteiger partial charge in [-0.25, -0.2) is 0 Å². The Morgan fingerprint density at radius 3 is 2.88 bits per heavy atom. The van der Waals surface area contributed by atoms with Crippen LogP contribution in [-0.4, -0.2) is 12.0 Å². The second-order valence-corrected chi connectivity index (χ2v) is 4.20. The predicted molar refractivity (Wildman–Crippen MR) is 62.4 cm³/mol. The zero-order chi connectivity index (χ0) is 11.5. The summed E-state index contributed by atoms with van der Waals surface area (Å²) in [6, 6.07) is 6.05. The molecule has 2 N–H and O–H groups in total. The predicted octanol–water partition coefficient (Wildman–Crippen LogP) is 1.82. The number of aryl methyl sites for hydroxylation is 2. The van der Waals surface area contributed by atoms with E-state index in [9.17, 15) is 4.79 Å². The van der Waals surface area contributed by atoms with Crippen LogP contribution in [0.25, 0.3) is 0 Å². The summed E-state index contributed by atoms with van der Waals surface area (Å²) >= 11 is 0. The van der Waals surface area contributed by atoms with Gasteiger partial charge < -0.3 is 10.5 Å². The third kappa shape index (κ3) is 2.18. The van der Waals surface area contributed by atoms with Gasteiger partial charge >= 0.3 is 0 Å². The van der Waals surface area contributed by atoms with Gasteiger partial charge in [-0.1, -0.05) is 13.0 Å². The van der Waals surface area contributed by atoms with Crippen molar-refractivity contribution in [3.8, 4) is 5.75 Å². The molecule has 0 fully saturated rings. The number of primary amides is 1. The average molecular weight is 219 g/mol. The van der Waals surface area contributed by atoms with Crippen molar-refractivity contribution < 1.29 is 9.53 Å². The van der Waals surface area contributed by atoms with Gasteiger partial charge in [-0.05, 0) is 48.9 Å². The number of amides is 1. The molecule has 1 aliphatic rings. The van der Waals surface area contributed by atoms with E-state index in [2.05, 4.69) is 6.07 Å². The van der Waals surface area contributed by atoms with E-state index in [1.807, 2.05) is 19.1 Å². The van der Waals surface area contributed by atoms with Crippen LogP contribution in [0, 0.1) is 0 Å². The highest BCUT2D eigenvalue weighted by Crippen LogP contribution is 2.26. The van der Waals surface area contributed by atoms with Crippen molar-refractivity contribution in [2.75, 3.05) is 0 Å². The van der Waals surface area contributed by atoms with Crippen LogP contribution in [0.2, 0.25) is 0 Å². The van der Waals surface area contributed by atoms with Crippen LogP contribution >= 0.6 is 0 Å². The Bertz CT molecular complexity index is 401. The molecule has 16 heavy (non-hydrogen) atoms. The lowest BCUT2D eigenvalue weighted by molar-refractivity contribution is -0.124. The smallest absolute Gasteiger partial charge is 0.258 e. The molecule has 2 rings (SSSR count). The number of fused-ring (bicyclic) bond motifs is 1. The third-order valence-corrected chi connectivity index (χ3v) is 3.04. The summed E-state index contributed by atoms with van der Waals surface area (Å²) in [6.07, 6.45) is 3.57. The van der Waals surface area contributed by atoms with Crippen LogP contribution < -0.4 is 10.5 Å². The Hall–Kier alpha value is -1.51. The Morgan fingerprint density at radius 2 is 2.19 bits per heavy atom. The number of carbonyl (C=O) groups is 1. The highest BCUT2D eigenvalue weighted by molar-refractivity contribution is 5.79. The molecule has 0 unspecified atom stereocenters. The zero-order valence-electron chi connectivity index (χ0n) is 9.53. The molecule has 3 nitrogen and oxygen atoms in total. The first-order valence-electron chi connectivity index (χ1n) is 5.78. The number of hydrogen-bond acceptors (Lipinski definition) is 2. The fourth-order valence-electron chi connectivity index (χ4n) is 2.13. The molecule has 86 valence electrons. The molecule has 1 atom stereocenters. The van der Waals surface area contributed by atoms with Gasteiger partial charge in [-0.2, -0.15) is 0 Å². The van der Waals surface area contributed by atoms with Gasteiger partial charge in [0.1, 0.15) is 5.75 Å². The van der Waals surface area contributed by atoms with Crippen molar-refractivity contribution in [3.05, 3.63) is 29.3 Å². The maximum Gasteiger partial charge on any atom is 0.258 e. The maximum atomic E-state index is 11.1. The summed E-state index contributed by atoms with van der Waals surface area (Å²) in [5.41, 5.74) is 7.99. The summed E-state index contributed by atoms with van der Waals surface area (Å²) in [6.45, 7) is 1.89. The number of rotatable bonds is 4. The van der Waals surface area contributed by atoms with Crippen molar-refractivity contribution in [1.29, 1.82) is 0 Å². The molecule has 0 heterocycles. The number of hydrogen-bond donors (Lipinski definition) is 1. The zero-order valence-corrected chi connectivity index (χ0v) is 9.53. The van der Waals surface area contributed by atoms with E-state index in [0.29, 0.717) is 6.42 Å². The molecule has 3 heteroatoms. The van der Waals surface area contributed by atoms with Crippen LogP contribution in [0.5, 0.6) is 5.75 Å². The molecule has 0 spiro atoms. The van der Waals surface area contributed by atoms with Gasteiger partial charge in [-0.15, -0.1) is 0 Å². The fraction of sp³-hybridized carbons (Fsp3) is 0.462. The van der Waals surface area contributed by atoms with Crippen LogP contribution in [0.1, 0.15) is 30.9 Å². The van der Waals surface area contributed by atoms with Gasteiger partial charge in [0.25, 0.3) is 5.91 Å². The Morgan fingerprint density at radius 1 is 1.44 bits per heavy atom. The Balaban J connectivity index is 2.13. The summed E-state index contributed by atoms with van der Waals surface area (Å²) in [5.74, 6) is 0.356. The van der Waals surface area contributed by atoms with Gasteiger partial charge in [0.15, 0.2) is 6.10 Å². The normalized spacial score (nSPS) is 15.6. The largest absolute Gasteiger partial charge is 0.481 e. The first kappa shape index (κ1) is 11.0. The van der Waals surface area contributed by atoms with E-state index in [4.69, 9.17) is 10.5 Å². The van der Waals surface area contributed by atoms with Gasteiger partial charge in [-0.3, -0.25) is 4.79 Å². The maximum absolute atomic E-state index is 11.1. The molecule has 0 bridgehead atoms. The lowest BCUT2D eigenvalue weighted by Gasteiger charge is -2.14. The lowest BCUT2D eigenvalue weighted by atomic mass is 10.1. The number of nitrogens with two attached hydrogens (primary N) is 1. The number of ether oxygens (including phenoxy) is 1. The van der Waals surface area contributed by atoms with Crippen molar-refractivity contribution in [2.45, 2.75) is 38.7 Å². The first-order chi connectivity index (χ1) is 7.70. The topological polar surface area (TPSA) is 52.3 Å². The third-order valence-electron chi connectivity index (χ3n) is 3.04. The minimum absolute atomic E-state index is 0.400. The summed E-state index contributed by atoms with van der Waals surface area (Å²) < 4.78 is 5.58. The molecule has 1 aromatic rings. The molecule has 1 aliphatic carbocycles. The lowest BCUT2D eigenvalue weighted by Crippen LogP contribution is -2.32. The fourth-order valence-corrected chi connectivity index (χ4v) is 2.13. The summed E-state index contributed by atoms with van der Waals surface area (Å²) in [5, 5.41) is 0. The van der Waals surface area contributed by atoms with Crippen LogP contribution in [-0.2, 0) is 17.6 Å². The van der Waals surface area contributed by atoms with Crippen molar-refractivity contribution in [2.24, 2.45) is 5.73 Å². The molecular formula is C13H17NO2. The van der Waals surface area contributed by atoms with E-state index in [0.717, 1.165) is 18.6 Å². The van der Waals surface area contributed by atoms with Crippen molar-refractivity contribution in [1.82, 2.24) is 0 Å². The number of carbonyl (C=O) groups excluding carboxylic acids is 1. The van der Waals surface area contributed by atoms with E-state index < -0.39 is 12.0 Å². The van der Waals surface area contributed by atoms with Crippen LogP contribution in [0.3, 0.4) is 0 Å². The highest BCUT2D eigenvalue weighted by atomic mass is 16.5. The second-order valence-electron chi connectivity index (χ2n) is 4.20. The van der Waals surface area contributed by atoms with Gasteiger partial charge in [0.2, 0.25) is 0 Å². The van der Waals surface area contributed by atoms with E-state index in [1.165, 1.54) is 17.5 Å². The molecule has 1 amide bonds. The molecular weight excluding hydrogens is 202 g/mol. The number of benzene rings is 1. The Labute approximate surface area is 95.6 Å². The van der Waals surface area contributed by atoms with Crippen molar-refractivity contribution in [3.63, 3.8) is 0 Å². The van der Waals surface area contributed by atoms with E-state index >= 15 is 0 Å². The molecule has 0 radical (unpaired) electrons. The summed E-state index contributed by atoms with van der Waals surface area (Å²) in [4.78, 5) is 11.1. The second kappa shape index (κ2) is 4.56. The van der Waals surface area contributed by atoms with Gasteiger partial charge in [0.05, 0.1) is 0 Å². The van der Waals surface area contributed by atoms with Crippen LogP contribution in [0.15, 0.2) is 18.2 Å². The molecule has 1 aromatic carbocycles. The molecule has 0 aliphatic heterocycles. The van der Waals surface area contributed by atoms with Gasteiger partial charge in [0, 0.05) is 0 Å².